The van der Waals surface area contributed by atoms with E-state index in [1.807, 2.05) is 18.4 Å². The van der Waals surface area contributed by atoms with Crippen LogP contribution in [0.15, 0.2) is 29.2 Å². The highest BCUT2D eigenvalue weighted by Gasteiger charge is 2.15. The van der Waals surface area contributed by atoms with Crippen LogP contribution in [0.2, 0.25) is 0 Å². The van der Waals surface area contributed by atoms with E-state index >= 15 is 0 Å². The number of amides is 1. The van der Waals surface area contributed by atoms with E-state index in [0.29, 0.717) is 12.1 Å². The zero-order valence-corrected chi connectivity index (χ0v) is 12.1. The Labute approximate surface area is 117 Å². The lowest BCUT2D eigenvalue weighted by Gasteiger charge is -2.11. The molecule has 2 aromatic rings. The summed E-state index contributed by atoms with van der Waals surface area (Å²) in [6.45, 7) is 4.81. The summed E-state index contributed by atoms with van der Waals surface area (Å²) >= 11 is 1.63. The molecule has 0 saturated heterocycles. The summed E-state index contributed by atoms with van der Waals surface area (Å²) < 4.78 is 0. The third-order valence-corrected chi connectivity index (χ3v) is 3.69. The molecule has 100 valence electrons. The number of unbranched alkanes of at least 4 members (excludes halogenated alkanes) is 1. The van der Waals surface area contributed by atoms with Crippen LogP contribution in [-0.2, 0) is 0 Å². The highest BCUT2D eigenvalue weighted by molar-refractivity contribution is 7.08. The zero-order chi connectivity index (χ0) is 13.7. The first-order valence-corrected chi connectivity index (χ1v) is 7.43. The molecule has 0 unspecified atom stereocenters. The van der Waals surface area contributed by atoms with Gasteiger partial charge in [0, 0.05) is 24.5 Å². The van der Waals surface area contributed by atoms with E-state index in [0.717, 1.165) is 29.5 Å². The van der Waals surface area contributed by atoms with Crippen molar-refractivity contribution in [3.63, 3.8) is 0 Å². The molecule has 1 N–H and O–H groups in total. The summed E-state index contributed by atoms with van der Waals surface area (Å²) in [5, 5.41) is 7.04. The molecule has 2 aromatic heterocycles. The van der Waals surface area contributed by atoms with E-state index in [1.54, 1.807) is 23.7 Å². The van der Waals surface area contributed by atoms with Gasteiger partial charge in [0.15, 0.2) is 0 Å². The molecule has 3 nitrogen and oxygen atoms in total. The van der Waals surface area contributed by atoms with Gasteiger partial charge in [0.05, 0.1) is 5.56 Å². The van der Waals surface area contributed by atoms with Gasteiger partial charge < -0.3 is 5.32 Å². The highest BCUT2D eigenvalue weighted by Crippen LogP contribution is 2.28. The SMILES string of the molecule is CCCCNC(=O)c1cncc(C)c1-c1ccsc1. The molecule has 19 heavy (non-hydrogen) atoms. The molecule has 0 bridgehead atoms. The number of thiophene rings is 1. The molecule has 0 aliphatic carbocycles. The van der Waals surface area contributed by atoms with Crippen LogP contribution in [0.4, 0.5) is 0 Å². The van der Waals surface area contributed by atoms with Gasteiger partial charge in [0.2, 0.25) is 0 Å². The molecule has 0 radical (unpaired) electrons. The number of nitrogens with one attached hydrogen (secondary N) is 1. The number of aryl methyl sites for hydroxylation is 1. The normalized spacial score (nSPS) is 10.4. The lowest BCUT2D eigenvalue weighted by molar-refractivity contribution is 0.0953. The van der Waals surface area contributed by atoms with Crippen LogP contribution in [0, 0.1) is 6.92 Å². The second-order valence-corrected chi connectivity index (χ2v) is 5.28. The standard InChI is InChI=1S/C15H18N2OS/c1-3-4-6-17-15(18)13-9-16-8-11(2)14(13)12-5-7-19-10-12/h5,7-10H,3-4,6H2,1-2H3,(H,17,18). The van der Waals surface area contributed by atoms with E-state index in [-0.39, 0.29) is 5.91 Å². The van der Waals surface area contributed by atoms with Crippen molar-refractivity contribution in [2.24, 2.45) is 0 Å². The maximum atomic E-state index is 12.2. The van der Waals surface area contributed by atoms with Gasteiger partial charge in [-0.2, -0.15) is 11.3 Å². The molecule has 0 saturated carbocycles. The Bertz CT molecular complexity index is 549. The second kappa shape index (κ2) is 6.48. The number of hydrogen-bond donors (Lipinski definition) is 1. The number of pyridine rings is 1. The fourth-order valence-electron chi connectivity index (χ4n) is 2.00. The summed E-state index contributed by atoms with van der Waals surface area (Å²) in [5.41, 5.74) is 3.77. The summed E-state index contributed by atoms with van der Waals surface area (Å²) in [4.78, 5) is 16.4. The first-order chi connectivity index (χ1) is 9.24. The van der Waals surface area contributed by atoms with Gasteiger partial charge in [-0.25, -0.2) is 0 Å². The molecule has 0 aliphatic rings. The van der Waals surface area contributed by atoms with Crippen molar-refractivity contribution in [3.8, 4) is 11.1 Å². The lowest BCUT2D eigenvalue weighted by atomic mass is 9.99. The maximum Gasteiger partial charge on any atom is 0.253 e. The average molecular weight is 274 g/mol. The number of aromatic nitrogens is 1. The van der Waals surface area contributed by atoms with Crippen LogP contribution in [0.3, 0.4) is 0 Å². The van der Waals surface area contributed by atoms with E-state index < -0.39 is 0 Å². The van der Waals surface area contributed by atoms with Crippen molar-refractivity contribution < 1.29 is 4.79 Å². The Hall–Kier alpha value is -1.68. The molecule has 0 fully saturated rings. The van der Waals surface area contributed by atoms with Crippen LogP contribution in [0.1, 0.15) is 35.7 Å². The van der Waals surface area contributed by atoms with Crippen molar-refractivity contribution in [1.82, 2.24) is 10.3 Å². The minimum atomic E-state index is -0.0362. The number of hydrogen-bond acceptors (Lipinski definition) is 3. The molecule has 1 amide bonds. The largest absolute Gasteiger partial charge is 0.352 e. The quantitative estimate of drug-likeness (QED) is 0.846. The first kappa shape index (κ1) is 13.7. The second-order valence-electron chi connectivity index (χ2n) is 4.50. The number of rotatable bonds is 5. The van der Waals surface area contributed by atoms with Crippen molar-refractivity contribution >= 4 is 17.2 Å². The molecule has 0 spiro atoms. The Kier molecular flexibility index (Phi) is 4.68. The summed E-state index contributed by atoms with van der Waals surface area (Å²) in [6.07, 6.45) is 5.53. The lowest BCUT2D eigenvalue weighted by Crippen LogP contribution is -2.25. The van der Waals surface area contributed by atoms with Gasteiger partial charge in [0.25, 0.3) is 5.91 Å². The predicted molar refractivity (Wildman–Crippen MR) is 79.5 cm³/mol. The Morgan fingerprint density at radius 3 is 2.95 bits per heavy atom. The molecule has 2 heterocycles. The molecule has 4 heteroatoms. The van der Waals surface area contributed by atoms with Crippen molar-refractivity contribution in [2.45, 2.75) is 26.7 Å². The van der Waals surface area contributed by atoms with Gasteiger partial charge >= 0.3 is 0 Å². The number of carbonyl (C=O) groups excluding carboxylic acids is 1. The Morgan fingerprint density at radius 1 is 1.42 bits per heavy atom. The van der Waals surface area contributed by atoms with Crippen molar-refractivity contribution in [3.05, 3.63) is 40.3 Å². The summed E-state index contributed by atoms with van der Waals surface area (Å²) in [5.74, 6) is -0.0362. The van der Waals surface area contributed by atoms with Gasteiger partial charge in [0.1, 0.15) is 0 Å². The molecule has 2 rings (SSSR count). The third kappa shape index (κ3) is 3.20. The Balaban J connectivity index is 2.30. The van der Waals surface area contributed by atoms with Crippen molar-refractivity contribution in [1.29, 1.82) is 0 Å². The van der Waals surface area contributed by atoms with Crippen LogP contribution in [0.5, 0.6) is 0 Å². The minimum Gasteiger partial charge on any atom is -0.352 e. The third-order valence-electron chi connectivity index (χ3n) is 3.01. The smallest absolute Gasteiger partial charge is 0.253 e. The van der Waals surface area contributed by atoms with Crippen LogP contribution in [-0.4, -0.2) is 17.4 Å². The van der Waals surface area contributed by atoms with Crippen molar-refractivity contribution in [2.75, 3.05) is 6.54 Å². The molecular formula is C15H18N2OS. The average Bonchev–Trinajstić information content (AvgIpc) is 2.92. The number of carbonyl (C=O) groups is 1. The van der Waals surface area contributed by atoms with Gasteiger partial charge in [-0.05, 0) is 41.3 Å². The summed E-state index contributed by atoms with van der Waals surface area (Å²) in [6, 6.07) is 2.04. The summed E-state index contributed by atoms with van der Waals surface area (Å²) in [7, 11) is 0. The zero-order valence-electron chi connectivity index (χ0n) is 11.3. The van der Waals surface area contributed by atoms with E-state index in [1.165, 1.54) is 0 Å². The highest BCUT2D eigenvalue weighted by atomic mass is 32.1. The number of nitrogens with zero attached hydrogens (tertiary/aromatic N) is 1. The van der Waals surface area contributed by atoms with Crippen LogP contribution < -0.4 is 5.32 Å². The monoisotopic (exact) mass is 274 g/mol. The Morgan fingerprint density at radius 2 is 2.26 bits per heavy atom. The van der Waals surface area contributed by atoms with E-state index in [9.17, 15) is 4.79 Å². The fourth-order valence-corrected chi connectivity index (χ4v) is 2.65. The van der Waals surface area contributed by atoms with E-state index in [4.69, 9.17) is 0 Å². The molecular weight excluding hydrogens is 256 g/mol. The van der Waals surface area contributed by atoms with Crippen LogP contribution in [0.25, 0.3) is 11.1 Å². The predicted octanol–water partition coefficient (Wildman–Crippen LogP) is 3.65. The first-order valence-electron chi connectivity index (χ1n) is 6.49. The van der Waals surface area contributed by atoms with Gasteiger partial charge in [-0.3, -0.25) is 9.78 Å². The topological polar surface area (TPSA) is 42.0 Å². The maximum absolute atomic E-state index is 12.2. The van der Waals surface area contributed by atoms with E-state index in [2.05, 4.69) is 22.6 Å². The molecule has 0 aromatic carbocycles. The van der Waals surface area contributed by atoms with Gasteiger partial charge in [-0.1, -0.05) is 13.3 Å². The van der Waals surface area contributed by atoms with Crippen LogP contribution >= 0.6 is 11.3 Å². The van der Waals surface area contributed by atoms with Gasteiger partial charge in [-0.15, -0.1) is 0 Å². The fraction of sp³-hybridized carbons (Fsp3) is 0.333. The minimum absolute atomic E-state index is 0.0362. The molecule has 0 atom stereocenters. The molecule has 0 aliphatic heterocycles.